The summed E-state index contributed by atoms with van der Waals surface area (Å²) < 4.78 is 5.50. The van der Waals surface area contributed by atoms with Crippen molar-refractivity contribution in [1.29, 1.82) is 0 Å². The fraction of sp³-hybridized carbons (Fsp3) is 0.917. The van der Waals surface area contributed by atoms with Crippen LogP contribution in [-0.4, -0.2) is 30.5 Å². The lowest BCUT2D eigenvalue weighted by molar-refractivity contribution is -0.126. The molecule has 1 saturated heterocycles. The summed E-state index contributed by atoms with van der Waals surface area (Å²) in [4.78, 5) is 11.9. The van der Waals surface area contributed by atoms with Crippen LogP contribution in [0.15, 0.2) is 0 Å². The number of amides is 1. The molecule has 3 atom stereocenters. The van der Waals surface area contributed by atoms with Gasteiger partial charge in [0, 0.05) is 13.2 Å². The summed E-state index contributed by atoms with van der Waals surface area (Å²) in [5.74, 6) is 0.126. The minimum Gasteiger partial charge on any atom is -0.377 e. The zero-order chi connectivity index (χ0) is 12.0. The second-order valence-corrected chi connectivity index (χ2v) is 4.96. The molecule has 1 amide bonds. The van der Waals surface area contributed by atoms with Gasteiger partial charge >= 0.3 is 0 Å². The summed E-state index contributed by atoms with van der Waals surface area (Å²) in [5.41, 5.74) is 0. The van der Waals surface area contributed by atoms with Crippen LogP contribution in [0.2, 0.25) is 0 Å². The number of ether oxygens (including phenoxy) is 1. The molecule has 0 saturated carbocycles. The van der Waals surface area contributed by atoms with Gasteiger partial charge in [-0.05, 0) is 19.3 Å². The summed E-state index contributed by atoms with van der Waals surface area (Å²) in [5, 5.41) is 2.97. The number of halogens is 1. The Morgan fingerprint density at radius 1 is 1.56 bits per heavy atom. The van der Waals surface area contributed by atoms with E-state index in [-0.39, 0.29) is 23.3 Å². The van der Waals surface area contributed by atoms with Gasteiger partial charge in [-0.3, -0.25) is 4.79 Å². The molecule has 1 fully saturated rings. The first-order valence-corrected chi connectivity index (χ1v) is 6.66. The number of nitrogens with one attached hydrogen (secondary N) is 1. The lowest BCUT2D eigenvalue weighted by Gasteiger charge is -2.17. The summed E-state index contributed by atoms with van der Waals surface area (Å²) in [6.45, 7) is 5.42. The minimum atomic E-state index is 0.0236. The van der Waals surface area contributed by atoms with Gasteiger partial charge < -0.3 is 10.1 Å². The molecular weight excluding hydrogens is 226 g/mol. The molecule has 1 N–H and O–H groups in total. The Labute approximate surface area is 103 Å². The highest BCUT2D eigenvalue weighted by atomic mass is 35.5. The number of rotatable bonds is 6. The summed E-state index contributed by atoms with van der Waals surface area (Å²) in [7, 11) is 0. The molecule has 0 aromatic rings. The Morgan fingerprint density at radius 2 is 2.31 bits per heavy atom. The van der Waals surface area contributed by atoms with Crippen molar-refractivity contribution < 1.29 is 9.53 Å². The van der Waals surface area contributed by atoms with E-state index in [0.29, 0.717) is 13.2 Å². The molecule has 0 aromatic carbocycles. The third kappa shape index (κ3) is 3.95. The number of hydrogen-bond acceptors (Lipinski definition) is 2. The summed E-state index contributed by atoms with van der Waals surface area (Å²) in [6, 6.07) is 0. The van der Waals surface area contributed by atoms with Crippen LogP contribution in [0, 0.1) is 5.92 Å². The minimum absolute atomic E-state index is 0.0236. The van der Waals surface area contributed by atoms with Crippen LogP contribution in [0.4, 0.5) is 0 Å². The summed E-state index contributed by atoms with van der Waals surface area (Å²) >= 11 is 6.06. The zero-order valence-corrected chi connectivity index (χ0v) is 10.9. The lowest BCUT2D eigenvalue weighted by Crippen LogP contribution is -2.38. The molecule has 0 aromatic heterocycles. The molecule has 1 aliphatic heterocycles. The van der Waals surface area contributed by atoms with Crippen LogP contribution in [0.25, 0.3) is 0 Å². The fourth-order valence-corrected chi connectivity index (χ4v) is 2.40. The van der Waals surface area contributed by atoms with Crippen molar-refractivity contribution in [3.8, 4) is 0 Å². The third-order valence-electron chi connectivity index (χ3n) is 3.05. The molecule has 4 heteroatoms. The van der Waals surface area contributed by atoms with Gasteiger partial charge in [-0.15, -0.1) is 11.6 Å². The predicted molar refractivity (Wildman–Crippen MR) is 65.7 cm³/mol. The summed E-state index contributed by atoms with van der Waals surface area (Å²) in [6.07, 6.45) is 3.83. The SMILES string of the molecule is CCCC(Cl)CNC(=O)C1CCOC1CC. The van der Waals surface area contributed by atoms with E-state index in [9.17, 15) is 4.79 Å². The Hall–Kier alpha value is -0.280. The van der Waals surface area contributed by atoms with E-state index >= 15 is 0 Å². The molecule has 1 rings (SSSR count). The van der Waals surface area contributed by atoms with E-state index in [0.717, 1.165) is 25.7 Å². The van der Waals surface area contributed by atoms with E-state index in [2.05, 4.69) is 19.2 Å². The Kier molecular flexibility index (Phi) is 6.14. The molecule has 0 aliphatic carbocycles. The van der Waals surface area contributed by atoms with E-state index in [1.807, 2.05) is 0 Å². The highest BCUT2D eigenvalue weighted by Crippen LogP contribution is 2.23. The van der Waals surface area contributed by atoms with Crippen LogP contribution in [-0.2, 0) is 9.53 Å². The molecular formula is C12H22ClNO2. The maximum absolute atomic E-state index is 11.9. The van der Waals surface area contributed by atoms with Gasteiger partial charge in [0.2, 0.25) is 5.91 Å². The van der Waals surface area contributed by atoms with Crippen LogP contribution < -0.4 is 5.32 Å². The molecule has 0 radical (unpaired) electrons. The number of alkyl halides is 1. The highest BCUT2D eigenvalue weighted by molar-refractivity contribution is 6.20. The average Bonchev–Trinajstić information content (AvgIpc) is 2.74. The first-order valence-electron chi connectivity index (χ1n) is 6.22. The molecule has 1 aliphatic rings. The Morgan fingerprint density at radius 3 is 2.94 bits per heavy atom. The zero-order valence-electron chi connectivity index (χ0n) is 10.2. The van der Waals surface area contributed by atoms with Crippen molar-refractivity contribution in [2.24, 2.45) is 5.92 Å². The van der Waals surface area contributed by atoms with Gasteiger partial charge in [0.15, 0.2) is 0 Å². The van der Waals surface area contributed by atoms with Crippen molar-refractivity contribution >= 4 is 17.5 Å². The van der Waals surface area contributed by atoms with Crippen LogP contribution >= 0.6 is 11.6 Å². The molecule has 3 nitrogen and oxygen atoms in total. The van der Waals surface area contributed by atoms with E-state index < -0.39 is 0 Å². The van der Waals surface area contributed by atoms with Crippen LogP contribution in [0.5, 0.6) is 0 Å². The van der Waals surface area contributed by atoms with Gasteiger partial charge in [-0.25, -0.2) is 0 Å². The van der Waals surface area contributed by atoms with E-state index in [1.54, 1.807) is 0 Å². The molecule has 94 valence electrons. The Bertz CT molecular complexity index is 223. The quantitative estimate of drug-likeness (QED) is 0.732. The van der Waals surface area contributed by atoms with Crippen LogP contribution in [0.1, 0.15) is 39.5 Å². The topological polar surface area (TPSA) is 38.3 Å². The van der Waals surface area contributed by atoms with Gasteiger partial charge in [0.25, 0.3) is 0 Å². The first kappa shape index (κ1) is 13.8. The van der Waals surface area contributed by atoms with Crippen molar-refractivity contribution in [3.63, 3.8) is 0 Å². The van der Waals surface area contributed by atoms with Gasteiger partial charge in [0.05, 0.1) is 17.4 Å². The first-order chi connectivity index (χ1) is 7.69. The highest BCUT2D eigenvalue weighted by Gasteiger charge is 2.32. The van der Waals surface area contributed by atoms with Crippen molar-refractivity contribution in [2.45, 2.75) is 51.0 Å². The van der Waals surface area contributed by atoms with Gasteiger partial charge in [-0.1, -0.05) is 20.3 Å². The van der Waals surface area contributed by atoms with E-state index in [4.69, 9.17) is 16.3 Å². The standard InChI is InChI=1S/C12H22ClNO2/c1-3-5-9(13)8-14-12(15)10-6-7-16-11(10)4-2/h9-11H,3-8H2,1-2H3,(H,14,15). The second kappa shape index (κ2) is 7.13. The fourth-order valence-electron chi connectivity index (χ4n) is 2.11. The van der Waals surface area contributed by atoms with E-state index in [1.165, 1.54) is 0 Å². The molecule has 1 heterocycles. The van der Waals surface area contributed by atoms with Crippen LogP contribution in [0.3, 0.4) is 0 Å². The molecule has 16 heavy (non-hydrogen) atoms. The lowest BCUT2D eigenvalue weighted by atomic mass is 9.98. The largest absolute Gasteiger partial charge is 0.377 e. The smallest absolute Gasteiger partial charge is 0.225 e. The average molecular weight is 248 g/mol. The normalized spacial score (nSPS) is 26.7. The number of carbonyl (C=O) groups excluding carboxylic acids is 1. The maximum Gasteiger partial charge on any atom is 0.225 e. The second-order valence-electron chi connectivity index (χ2n) is 4.34. The number of carbonyl (C=O) groups is 1. The molecule has 3 unspecified atom stereocenters. The van der Waals surface area contributed by atoms with Crippen molar-refractivity contribution in [2.75, 3.05) is 13.2 Å². The molecule has 0 bridgehead atoms. The maximum atomic E-state index is 11.9. The third-order valence-corrected chi connectivity index (χ3v) is 3.42. The van der Waals surface area contributed by atoms with Gasteiger partial charge in [-0.2, -0.15) is 0 Å². The van der Waals surface area contributed by atoms with Crippen molar-refractivity contribution in [1.82, 2.24) is 5.32 Å². The predicted octanol–water partition coefficient (Wildman–Crippen LogP) is 2.33. The Balaban J connectivity index is 2.29. The molecule has 0 spiro atoms. The van der Waals surface area contributed by atoms with Gasteiger partial charge in [0.1, 0.15) is 0 Å². The number of hydrogen-bond donors (Lipinski definition) is 1. The van der Waals surface area contributed by atoms with Crippen molar-refractivity contribution in [3.05, 3.63) is 0 Å². The monoisotopic (exact) mass is 247 g/mol.